The van der Waals surface area contributed by atoms with Crippen LogP contribution in [0.5, 0.6) is 0 Å². The van der Waals surface area contributed by atoms with E-state index in [9.17, 15) is 0 Å². The predicted octanol–water partition coefficient (Wildman–Crippen LogP) is 15.4. The van der Waals surface area contributed by atoms with Crippen LogP contribution >= 0.6 is 0 Å². The van der Waals surface area contributed by atoms with Crippen LogP contribution in [0.15, 0.2) is 97.1 Å². The monoisotopic (exact) mass is 684 g/mol. The summed E-state index contributed by atoms with van der Waals surface area (Å²) in [4.78, 5) is 0. The van der Waals surface area contributed by atoms with Crippen molar-refractivity contribution in [3.05, 3.63) is 164 Å². The fourth-order valence-corrected chi connectivity index (χ4v) is 8.93. The zero-order chi connectivity index (χ0) is 38.0. The molecule has 0 atom stereocenters. The average Bonchev–Trinajstić information content (AvgIpc) is 3.04. The predicted molar refractivity (Wildman–Crippen MR) is 230 cm³/mol. The summed E-state index contributed by atoms with van der Waals surface area (Å²) in [7, 11) is 0. The van der Waals surface area contributed by atoms with Gasteiger partial charge in [-0.05, 0) is 181 Å². The summed E-state index contributed by atoms with van der Waals surface area (Å²) in [5.41, 5.74) is 27.5. The van der Waals surface area contributed by atoms with Crippen LogP contribution in [0.25, 0.3) is 44.5 Å². The van der Waals surface area contributed by atoms with E-state index in [0.29, 0.717) is 11.8 Å². The molecule has 6 aromatic carbocycles. The molecule has 268 valence electrons. The maximum absolute atomic E-state index is 2.32. The normalized spacial score (nSPS) is 11.2. The molecule has 0 saturated heterocycles. The van der Waals surface area contributed by atoms with Crippen LogP contribution in [0.3, 0.4) is 0 Å². The van der Waals surface area contributed by atoms with Crippen LogP contribution in [0.4, 0.5) is 0 Å². The Kier molecular flexibility index (Phi) is 11.8. The van der Waals surface area contributed by atoms with E-state index in [0.717, 1.165) is 0 Å². The Bertz CT molecular complexity index is 2000. The molecule has 6 aromatic rings. The molecule has 0 radical (unpaired) electrons. The minimum absolute atomic E-state index is 0.455. The molecule has 52 heavy (non-hydrogen) atoms. The lowest BCUT2D eigenvalue weighted by Crippen LogP contribution is -2.01. The van der Waals surface area contributed by atoms with Crippen molar-refractivity contribution in [1.29, 1.82) is 0 Å². The van der Waals surface area contributed by atoms with Crippen molar-refractivity contribution < 1.29 is 0 Å². The van der Waals surface area contributed by atoms with E-state index in [1.165, 1.54) is 111 Å². The number of hydrogen-bond donors (Lipinski definition) is 0. The molecule has 0 saturated carbocycles. The van der Waals surface area contributed by atoms with Gasteiger partial charge in [0.05, 0.1) is 0 Å². The molecule has 0 nitrogen and oxygen atoms in total. The first-order valence-corrected chi connectivity index (χ1v) is 19.2. The van der Waals surface area contributed by atoms with E-state index in [4.69, 9.17) is 0 Å². The van der Waals surface area contributed by atoms with Crippen molar-refractivity contribution >= 4 is 0 Å². The maximum Gasteiger partial charge on any atom is -0.0122 e. The Labute approximate surface area is 316 Å². The summed E-state index contributed by atoms with van der Waals surface area (Å²) < 4.78 is 0. The highest BCUT2D eigenvalue weighted by atomic mass is 14.2. The van der Waals surface area contributed by atoms with E-state index in [1.54, 1.807) is 0 Å². The Morgan fingerprint density at radius 3 is 0.731 bits per heavy atom. The summed E-state index contributed by atoms with van der Waals surface area (Å²) in [6.07, 6.45) is 0. The largest absolute Gasteiger partial charge is 0.0617 e. The second kappa shape index (κ2) is 15.9. The molecule has 0 amide bonds. The Hall–Kier alpha value is -4.68. The van der Waals surface area contributed by atoms with Crippen LogP contribution in [-0.2, 0) is 0 Å². The molecule has 0 spiro atoms. The molecule has 0 aliphatic heterocycles. The van der Waals surface area contributed by atoms with Crippen molar-refractivity contribution in [2.24, 2.45) is 0 Å². The molecule has 0 N–H and O–H groups in total. The highest BCUT2D eigenvalue weighted by molar-refractivity contribution is 5.86. The summed E-state index contributed by atoms with van der Waals surface area (Å²) in [6.45, 7) is 31.5. The lowest BCUT2D eigenvalue weighted by molar-refractivity contribution is 0.870. The van der Waals surface area contributed by atoms with Gasteiger partial charge in [-0.3, -0.25) is 0 Å². The number of aryl methyl sites for hydroxylation is 10. The zero-order valence-electron chi connectivity index (χ0n) is 34.4. The van der Waals surface area contributed by atoms with Crippen molar-refractivity contribution in [3.8, 4) is 44.5 Å². The third kappa shape index (κ3) is 7.73. The van der Waals surface area contributed by atoms with Gasteiger partial charge in [-0.25, -0.2) is 0 Å². The van der Waals surface area contributed by atoms with Gasteiger partial charge in [-0.1, -0.05) is 136 Å². The molecule has 0 heterocycles. The van der Waals surface area contributed by atoms with E-state index >= 15 is 0 Å². The molecule has 0 aliphatic rings. The second-order valence-corrected chi connectivity index (χ2v) is 15.9. The van der Waals surface area contributed by atoms with Crippen molar-refractivity contribution in [3.63, 3.8) is 0 Å². The minimum atomic E-state index is 0.455. The smallest absolute Gasteiger partial charge is 0.0122 e. The van der Waals surface area contributed by atoms with Gasteiger partial charge < -0.3 is 0 Å². The van der Waals surface area contributed by atoms with Gasteiger partial charge in [0.15, 0.2) is 0 Å². The maximum atomic E-state index is 2.32. The molecular formula is C52H60. The quantitative estimate of drug-likeness (QED) is 0.164. The number of benzene rings is 6. The zero-order valence-corrected chi connectivity index (χ0v) is 34.4. The highest BCUT2D eigenvalue weighted by Crippen LogP contribution is 2.43. The molecule has 0 heteroatoms. The van der Waals surface area contributed by atoms with Gasteiger partial charge in [0.1, 0.15) is 0 Å². The van der Waals surface area contributed by atoms with Crippen LogP contribution in [0, 0.1) is 69.2 Å². The summed E-state index contributed by atoms with van der Waals surface area (Å²) in [6, 6.07) is 36.1. The first-order valence-electron chi connectivity index (χ1n) is 19.2. The molecule has 0 unspecified atom stereocenters. The van der Waals surface area contributed by atoms with E-state index in [1.807, 2.05) is 0 Å². The average molecular weight is 685 g/mol. The van der Waals surface area contributed by atoms with E-state index in [2.05, 4.69) is 194 Å². The van der Waals surface area contributed by atoms with Crippen LogP contribution in [0.1, 0.15) is 106 Å². The van der Waals surface area contributed by atoms with Crippen molar-refractivity contribution in [2.45, 2.75) is 109 Å². The van der Waals surface area contributed by atoms with Gasteiger partial charge in [0.2, 0.25) is 0 Å². The molecule has 0 aliphatic carbocycles. The lowest BCUT2D eigenvalue weighted by Gasteiger charge is -2.23. The van der Waals surface area contributed by atoms with Gasteiger partial charge in [0, 0.05) is 0 Å². The third-order valence-electron chi connectivity index (χ3n) is 10.8. The Morgan fingerprint density at radius 1 is 0.288 bits per heavy atom. The molecular weight excluding hydrogens is 625 g/mol. The van der Waals surface area contributed by atoms with Crippen LogP contribution < -0.4 is 0 Å². The second-order valence-electron chi connectivity index (χ2n) is 15.9. The van der Waals surface area contributed by atoms with E-state index in [-0.39, 0.29) is 0 Å². The number of rotatable bonds is 6. The third-order valence-corrected chi connectivity index (χ3v) is 10.8. The Morgan fingerprint density at radius 2 is 0.500 bits per heavy atom. The van der Waals surface area contributed by atoms with Gasteiger partial charge >= 0.3 is 0 Å². The SMILES string of the molecule is Cc1cc(C)c(-c2cccc(-c3c(C)cc(C)cc3C)c2C(C)C)c(C)c1.Cc1cccc(C)c1-c1cccc(-c2c(C)cccc2C)c1C(C)C. The lowest BCUT2D eigenvalue weighted by atomic mass is 9.81. The van der Waals surface area contributed by atoms with Crippen LogP contribution in [0.2, 0.25) is 0 Å². The molecule has 0 bridgehead atoms. The van der Waals surface area contributed by atoms with Gasteiger partial charge in [-0.15, -0.1) is 0 Å². The summed E-state index contributed by atoms with van der Waals surface area (Å²) in [5, 5.41) is 0. The standard InChI is InChI=1S/C27H32.C25H28/c1-16(2)25-23(26-19(5)12-17(3)13-20(26)6)10-9-11-24(25)27-21(7)14-18(4)15-22(27)8;1-16(2)23-21(24-17(3)10-7-11-18(24)4)14-9-15-22(23)25-19(5)12-8-13-20(25)6/h9-16H,1-8H3;7-16H,1-6H3. The summed E-state index contributed by atoms with van der Waals surface area (Å²) >= 11 is 0. The van der Waals surface area contributed by atoms with Gasteiger partial charge in [-0.2, -0.15) is 0 Å². The van der Waals surface area contributed by atoms with E-state index < -0.39 is 0 Å². The van der Waals surface area contributed by atoms with Gasteiger partial charge in [0.25, 0.3) is 0 Å². The topological polar surface area (TPSA) is 0 Å². The molecule has 0 fully saturated rings. The first kappa shape index (κ1) is 38.5. The Balaban J connectivity index is 0.000000202. The molecule has 0 aromatic heterocycles. The summed E-state index contributed by atoms with van der Waals surface area (Å²) in [5.74, 6) is 0.917. The fraction of sp³-hybridized carbons (Fsp3) is 0.308. The molecule has 6 rings (SSSR count). The highest BCUT2D eigenvalue weighted by Gasteiger charge is 2.21. The first-order chi connectivity index (χ1) is 24.6. The fourth-order valence-electron chi connectivity index (χ4n) is 8.93. The number of hydrogen-bond acceptors (Lipinski definition) is 0. The minimum Gasteiger partial charge on any atom is -0.0617 e. The van der Waals surface area contributed by atoms with Crippen LogP contribution in [-0.4, -0.2) is 0 Å². The van der Waals surface area contributed by atoms with Crippen molar-refractivity contribution in [1.82, 2.24) is 0 Å². The van der Waals surface area contributed by atoms with Crippen molar-refractivity contribution in [2.75, 3.05) is 0 Å².